The molecular weight excluding hydrogens is 238 g/mol. The number of rotatable bonds is 7. The van der Waals surface area contributed by atoms with Crippen LogP contribution in [-0.4, -0.2) is 16.6 Å². The molecule has 0 saturated carbocycles. The molecule has 1 aromatic heterocycles. The SMILES string of the molecule is CCCCC(CC)COc1ncnc(N)c1Cl. The van der Waals surface area contributed by atoms with E-state index in [4.69, 9.17) is 22.1 Å². The monoisotopic (exact) mass is 257 g/mol. The molecule has 5 heteroatoms. The van der Waals surface area contributed by atoms with Crippen molar-refractivity contribution in [2.45, 2.75) is 39.5 Å². The van der Waals surface area contributed by atoms with Crippen molar-refractivity contribution in [1.29, 1.82) is 0 Å². The number of unbranched alkanes of at least 4 members (excludes halogenated alkanes) is 1. The number of halogens is 1. The largest absolute Gasteiger partial charge is 0.476 e. The predicted octanol–water partition coefficient (Wildman–Crippen LogP) is 3.31. The molecule has 96 valence electrons. The summed E-state index contributed by atoms with van der Waals surface area (Å²) in [5.41, 5.74) is 5.58. The third-order valence-electron chi connectivity index (χ3n) is 2.78. The number of ether oxygens (including phenoxy) is 1. The van der Waals surface area contributed by atoms with Gasteiger partial charge in [-0.3, -0.25) is 0 Å². The van der Waals surface area contributed by atoms with Crippen LogP contribution in [-0.2, 0) is 0 Å². The summed E-state index contributed by atoms with van der Waals surface area (Å²) in [6.07, 6.45) is 6.06. The maximum atomic E-state index is 5.95. The average molecular weight is 258 g/mol. The molecule has 2 N–H and O–H groups in total. The molecule has 1 rings (SSSR count). The topological polar surface area (TPSA) is 61.0 Å². The molecule has 0 aromatic carbocycles. The van der Waals surface area contributed by atoms with Crippen LogP contribution in [0, 0.1) is 5.92 Å². The molecule has 1 unspecified atom stereocenters. The van der Waals surface area contributed by atoms with Gasteiger partial charge in [0.25, 0.3) is 0 Å². The molecule has 0 aliphatic rings. The summed E-state index contributed by atoms with van der Waals surface area (Å²) in [4.78, 5) is 7.77. The maximum Gasteiger partial charge on any atom is 0.237 e. The Morgan fingerprint density at radius 2 is 2.18 bits per heavy atom. The van der Waals surface area contributed by atoms with Gasteiger partial charge in [-0.15, -0.1) is 0 Å². The summed E-state index contributed by atoms with van der Waals surface area (Å²) in [6.45, 7) is 4.99. The predicted molar refractivity (Wildman–Crippen MR) is 70.3 cm³/mol. The summed E-state index contributed by atoms with van der Waals surface area (Å²) < 4.78 is 5.60. The molecular formula is C12H20ClN3O. The third kappa shape index (κ3) is 4.38. The Bertz CT molecular complexity index is 347. The molecule has 0 aliphatic heterocycles. The molecule has 1 atom stereocenters. The van der Waals surface area contributed by atoms with Crippen LogP contribution in [0.25, 0.3) is 0 Å². The van der Waals surface area contributed by atoms with Gasteiger partial charge >= 0.3 is 0 Å². The van der Waals surface area contributed by atoms with Gasteiger partial charge in [0.05, 0.1) is 6.61 Å². The summed E-state index contributed by atoms with van der Waals surface area (Å²) in [6, 6.07) is 0. The van der Waals surface area contributed by atoms with Crippen molar-refractivity contribution in [2.75, 3.05) is 12.3 Å². The number of aromatic nitrogens is 2. The highest BCUT2D eigenvalue weighted by Crippen LogP contribution is 2.26. The summed E-state index contributed by atoms with van der Waals surface area (Å²) >= 11 is 5.95. The Hall–Kier alpha value is -1.03. The van der Waals surface area contributed by atoms with Crippen LogP contribution in [0.5, 0.6) is 5.88 Å². The minimum atomic E-state index is 0.262. The molecule has 0 radical (unpaired) electrons. The third-order valence-corrected chi connectivity index (χ3v) is 3.14. The lowest BCUT2D eigenvalue weighted by Crippen LogP contribution is -2.12. The minimum Gasteiger partial charge on any atom is -0.476 e. The van der Waals surface area contributed by atoms with Gasteiger partial charge in [-0.25, -0.2) is 9.97 Å². The van der Waals surface area contributed by atoms with Gasteiger partial charge in [0.2, 0.25) is 5.88 Å². The quantitative estimate of drug-likeness (QED) is 0.814. The van der Waals surface area contributed by atoms with E-state index in [0.717, 1.165) is 6.42 Å². The average Bonchev–Trinajstić information content (AvgIpc) is 2.34. The lowest BCUT2D eigenvalue weighted by atomic mass is 10.0. The van der Waals surface area contributed by atoms with Crippen molar-refractivity contribution in [3.8, 4) is 5.88 Å². The van der Waals surface area contributed by atoms with Crippen molar-refractivity contribution in [1.82, 2.24) is 9.97 Å². The van der Waals surface area contributed by atoms with E-state index in [9.17, 15) is 0 Å². The summed E-state index contributed by atoms with van der Waals surface area (Å²) in [5, 5.41) is 0.304. The fourth-order valence-corrected chi connectivity index (χ4v) is 1.71. The lowest BCUT2D eigenvalue weighted by molar-refractivity contribution is 0.226. The molecule has 1 heterocycles. The Kier molecular flexibility index (Phi) is 6.05. The van der Waals surface area contributed by atoms with Crippen LogP contribution in [0.3, 0.4) is 0 Å². The molecule has 0 aliphatic carbocycles. The highest BCUT2D eigenvalue weighted by molar-refractivity contribution is 6.33. The number of anilines is 1. The highest BCUT2D eigenvalue weighted by Gasteiger charge is 2.11. The zero-order valence-electron chi connectivity index (χ0n) is 10.4. The number of nitrogen functional groups attached to an aromatic ring is 1. The van der Waals surface area contributed by atoms with E-state index in [-0.39, 0.29) is 5.82 Å². The number of nitrogens with two attached hydrogens (primary N) is 1. The molecule has 0 amide bonds. The molecule has 0 saturated heterocycles. The van der Waals surface area contributed by atoms with Crippen LogP contribution in [0.2, 0.25) is 5.02 Å². The summed E-state index contributed by atoms with van der Waals surface area (Å²) in [7, 11) is 0. The van der Waals surface area contributed by atoms with Crippen LogP contribution in [0.15, 0.2) is 6.33 Å². The van der Waals surface area contributed by atoms with Crippen molar-refractivity contribution < 1.29 is 4.74 Å². The fourth-order valence-electron chi connectivity index (χ4n) is 1.56. The zero-order chi connectivity index (χ0) is 12.7. The number of hydrogen-bond donors (Lipinski definition) is 1. The lowest BCUT2D eigenvalue weighted by Gasteiger charge is -2.15. The van der Waals surface area contributed by atoms with Crippen LogP contribution in [0.4, 0.5) is 5.82 Å². The first kappa shape index (κ1) is 14.0. The van der Waals surface area contributed by atoms with Crippen LogP contribution >= 0.6 is 11.6 Å². The van der Waals surface area contributed by atoms with Gasteiger partial charge in [0.15, 0.2) is 0 Å². The first-order valence-corrected chi connectivity index (χ1v) is 6.45. The smallest absolute Gasteiger partial charge is 0.237 e. The Morgan fingerprint density at radius 3 is 2.82 bits per heavy atom. The van der Waals surface area contributed by atoms with Crippen molar-refractivity contribution >= 4 is 17.4 Å². The van der Waals surface area contributed by atoms with E-state index >= 15 is 0 Å². The molecule has 0 spiro atoms. The number of nitrogens with zero attached hydrogens (tertiary/aromatic N) is 2. The van der Waals surface area contributed by atoms with Gasteiger partial charge in [0, 0.05) is 0 Å². The molecule has 0 bridgehead atoms. The fraction of sp³-hybridized carbons (Fsp3) is 0.667. The molecule has 1 aromatic rings. The molecule has 0 fully saturated rings. The second-order valence-corrected chi connectivity index (χ2v) is 4.48. The van der Waals surface area contributed by atoms with Gasteiger partial charge in [-0.2, -0.15) is 0 Å². The first-order valence-electron chi connectivity index (χ1n) is 6.07. The molecule has 17 heavy (non-hydrogen) atoms. The van der Waals surface area contributed by atoms with Gasteiger partial charge < -0.3 is 10.5 Å². The van der Waals surface area contributed by atoms with E-state index in [0.29, 0.717) is 23.4 Å². The van der Waals surface area contributed by atoms with E-state index in [1.165, 1.54) is 25.6 Å². The highest BCUT2D eigenvalue weighted by atomic mass is 35.5. The van der Waals surface area contributed by atoms with Crippen LogP contribution in [0.1, 0.15) is 39.5 Å². The van der Waals surface area contributed by atoms with E-state index < -0.39 is 0 Å². The minimum absolute atomic E-state index is 0.262. The van der Waals surface area contributed by atoms with Gasteiger partial charge in [0.1, 0.15) is 17.2 Å². The van der Waals surface area contributed by atoms with Crippen molar-refractivity contribution in [3.05, 3.63) is 11.3 Å². The zero-order valence-corrected chi connectivity index (χ0v) is 11.2. The van der Waals surface area contributed by atoms with Crippen molar-refractivity contribution in [2.24, 2.45) is 5.92 Å². The van der Waals surface area contributed by atoms with Gasteiger partial charge in [-0.05, 0) is 12.3 Å². The number of hydrogen-bond acceptors (Lipinski definition) is 4. The first-order chi connectivity index (χ1) is 8.19. The van der Waals surface area contributed by atoms with Crippen LogP contribution < -0.4 is 10.5 Å². The Labute approximate surface area is 108 Å². The van der Waals surface area contributed by atoms with E-state index in [1.54, 1.807) is 0 Å². The van der Waals surface area contributed by atoms with Gasteiger partial charge in [-0.1, -0.05) is 44.7 Å². The van der Waals surface area contributed by atoms with Crippen molar-refractivity contribution in [3.63, 3.8) is 0 Å². The van der Waals surface area contributed by atoms with E-state index in [1.807, 2.05) is 0 Å². The standard InChI is InChI=1S/C12H20ClN3O/c1-3-5-6-9(4-2)7-17-12-10(13)11(14)15-8-16-12/h8-9H,3-7H2,1-2H3,(H2,14,15,16). The normalized spacial score (nSPS) is 12.4. The second-order valence-electron chi connectivity index (χ2n) is 4.11. The maximum absolute atomic E-state index is 5.95. The Balaban J connectivity index is 2.50. The second kappa shape index (κ2) is 7.33. The Morgan fingerprint density at radius 1 is 1.41 bits per heavy atom. The summed E-state index contributed by atoms with van der Waals surface area (Å²) in [5.74, 6) is 1.19. The van der Waals surface area contributed by atoms with E-state index in [2.05, 4.69) is 23.8 Å². The molecule has 4 nitrogen and oxygen atoms in total.